The summed E-state index contributed by atoms with van der Waals surface area (Å²) in [5.74, 6) is -0.864. The van der Waals surface area contributed by atoms with Gasteiger partial charge in [0.2, 0.25) is 9.84 Å². The number of amides is 1. The number of anilines is 2. The van der Waals surface area contributed by atoms with Gasteiger partial charge in [0, 0.05) is 5.69 Å². The van der Waals surface area contributed by atoms with Crippen molar-refractivity contribution in [2.75, 3.05) is 18.2 Å². The molecule has 0 aromatic heterocycles. The van der Waals surface area contributed by atoms with Gasteiger partial charge in [0.15, 0.2) is 0 Å². The van der Waals surface area contributed by atoms with E-state index in [1.54, 1.807) is 24.3 Å². The third-order valence-corrected chi connectivity index (χ3v) is 5.87. The standard InChI is InChI=1S/C20H17FN2O4S/c1-27-17-7-3-2-6-16(17)23-20(24)19-15(22)5-4-8-18(19)28(25,26)14-11-9-13(21)10-12-14/h2-12H,22H2,1H3,(H,23,24). The van der Waals surface area contributed by atoms with Gasteiger partial charge in [0.05, 0.1) is 28.2 Å². The summed E-state index contributed by atoms with van der Waals surface area (Å²) in [5, 5.41) is 2.62. The van der Waals surface area contributed by atoms with Gasteiger partial charge in [-0.3, -0.25) is 4.79 Å². The first kappa shape index (κ1) is 19.4. The number of nitrogens with one attached hydrogen (secondary N) is 1. The molecule has 3 rings (SSSR count). The van der Waals surface area contributed by atoms with Crippen molar-refractivity contribution in [3.8, 4) is 5.75 Å². The predicted molar refractivity (Wildman–Crippen MR) is 104 cm³/mol. The molecule has 0 atom stereocenters. The van der Waals surface area contributed by atoms with Gasteiger partial charge in [-0.2, -0.15) is 0 Å². The van der Waals surface area contributed by atoms with Crippen molar-refractivity contribution >= 4 is 27.1 Å². The fourth-order valence-corrected chi connectivity index (χ4v) is 4.17. The monoisotopic (exact) mass is 400 g/mol. The number of para-hydroxylation sites is 2. The van der Waals surface area contributed by atoms with Crippen LogP contribution in [0, 0.1) is 5.82 Å². The van der Waals surface area contributed by atoms with Crippen LogP contribution in [-0.2, 0) is 9.84 Å². The SMILES string of the molecule is COc1ccccc1NC(=O)c1c(N)cccc1S(=O)(=O)c1ccc(F)cc1. The molecule has 3 aromatic carbocycles. The average molecular weight is 400 g/mol. The van der Waals surface area contributed by atoms with Gasteiger partial charge in [-0.1, -0.05) is 18.2 Å². The molecule has 3 aromatic rings. The van der Waals surface area contributed by atoms with Crippen LogP contribution in [0.4, 0.5) is 15.8 Å². The lowest BCUT2D eigenvalue weighted by Gasteiger charge is -2.14. The highest BCUT2D eigenvalue weighted by Gasteiger charge is 2.27. The highest BCUT2D eigenvalue weighted by Crippen LogP contribution is 2.30. The van der Waals surface area contributed by atoms with Crippen LogP contribution in [0.2, 0.25) is 0 Å². The Morgan fingerprint density at radius 3 is 2.36 bits per heavy atom. The third-order valence-electron chi connectivity index (χ3n) is 4.05. The number of sulfone groups is 1. The predicted octanol–water partition coefficient (Wildman–Crippen LogP) is 3.50. The number of nitrogens with two attached hydrogens (primary N) is 1. The maximum Gasteiger partial charge on any atom is 0.259 e. The molecule has 0 radical (unpaired) electrons. The summed E-state index contributed by atoms with van der Waals surface area (Å²) in [4.78, 5) is 12.5. The minimum atomic E-state index is -4.10. The zero-order chi connectivity index (χ0) is 20.3. The third kappa shape index (κ3) is 3.67. The Balaban J connectivity index is 2.07. The number of methoxy groups -OCH3 is 1. The molecule has 0 aliphatic carbocycles. The van der Waals surface area contributed by atoms with Crippen LogP contribution in [0.3, 0.4) is 0 Å². The smallest absolute Gasteiger partial charge is 0.259 e. The van der Waals surface area contributed by atoms with E-state index < -0.39 is 21.6 Å². The summed E-state index contributed by atoms with van der Waals surface area (Å²) < 4.78 is 44.4. The summed E-state index contributed by atoms with van der Waals surface area (Å²) in [6.45, 7) is 0. The minimum Gasteiger partial charge on any atom is -0.495 e. The average Bonchev–Trinajstić information content (AvgIpc) is 2.68. The normalized spacial score (nSPS) is 11.1. The molecule has 8 heteroatoms. The van der Waals surface area contributed by atoms with E-state index >= 15 is 0 Å². The van der Waals surface area contributed by atoms with E-state index in [9.17, 15) is 17.6 Å². The maximum absolute atomic E-state index is 13.2. The van der Waals surface area contributed by atoms with Gasteiger partial charge in [0.1, 0.15) is 11.6 Å². The van der Waals surface area contributed by atoms with Crippen molar-refractivity contribution in [1.82, 2.24) is 0 Å². The van der Waals surface area contributed by atoms with E-state index in [-0.39, 0.29) is 21.0 Å². The summed E-state index contributed by atoms with van der Waals surface area (Å²) in [6.07, 6.45) is 0. The summed E-state index contributed by atoms with van der Waals surface area (Å²) in [6, 6.07) is 15.2. The molecule has 0 bridgehead atoms. The lowest BCUT2D eigenvalue weighted by molar-refractivity contribution is 0.102. The van der Waals surface area contributed by atoms with E-state index in [1.807, 2.05) is 0 Å². The zero-order valence-corrected chi connectivity index (χ0v) is 15.7. The molecule has 0 spiro atoms. The molecule has 6 nitrogen and oxygen atoms in total. The molecule has 144 valence electrons. The second-order valence-electron chi connectivity index (χ2n) is 5.83. The van der Waals surface area contributed by atoms with Gasteiger partial charge in [-0.05, 0) is 48.5 Å². The van der Waals surface area contributed by atoms with Crippen LogP contribution >= 0.6 is 0 Å². The van der Waals surface area contributed by atoms with Gasteiger partial charge in [0.25, 0.3) is 5.91 Å². The summed E-state index contributed by atoms with van der Waals surface area (Å²) in [7, 11) is -2.65. The van der Waals surface area contributed by atoms with Crippen molar-refractivity contribution in [1.29, 1.82) is 0 Å². The quantitative estimate of drug-likeness (QED) is 0.505. The first-order valence-corrected chi connectivity index (χ1v) is 9.66. The fraction of sp³-hybridized carbons (Fsp3) is 0.0500. The van der Waals surface area contributed by atoms with E-state index in [1.165, 1.54) is 25.3 Å². The Morgan fingerprint density at radius 1 is 1.00 bits per heavy atom. The molecule has 28 heavy (non-hydrogen) atoms. The number of ether oxygens (including phenoxy) is 1. The second-order valence-corrected chi connectivity index (χ2v) is 7.75. The summed E-state index contributed by atoms with van der Waals surface area (Å²) in [5.41, 5.74) is 6.09. The van der Waals surface area contributed by atoms with Crippen LogP contribution in [0.5, 0.6) is 5.75 Å². The first-order valence-electron chi connectivity index (χ1n) is 8.18. The lowest BCUT2D eigenvalue weighted by atomic mass is 10.1. The highest BCUT2D eigenvalue weighted by molar-refractivity contribution is 7.91. The molecule has 0 unspecified atom stereocenters. The molecular weight excluding hydrogens is 383 g/mol. The fourth-order valence-electron chi connectivity index (χ4n) is 2.69. The van der Waals surface area contributed by atoms with E-state index in [4.69, 9.17) is 10.5 Å². The Kier molecular flexibility index (Phi) is 5.32. The van der Waals surface area contributed by atoms with Crippen LogP contribution in [0.25, 0.3) is 0 Å². The molecular formula is C20H17FN2O4S. The van der Waals surface area contributed by atoms with Crippen LogP contribution in [-0.4, -0.2) is 21.4 Å². The highest BCUT2D eigenvalue weighted by atomic mass is 32.2. The molecule has 0 saturated carbocycles. The van der Waals surface area contributed by atoms with Gasteiger partial charge in [-0.15, -0.1) is 0 Å². The maximum atomic E-state index is 13.2. The van der Waals surface area contributed by atoms with Crippen molar-refractivity contribution in [3.05, 3.63) is 78.1 Å². The van der Waals surface area contributed by atoms with Crippen molar-refractivity contribution < 1.29 is 22.3 Å². The molecule has 0 aliphatic rings. The first-order chi connectivity index (χ1) is 13.3. The molecule has 3 N–H and O–H groups in total. The van der Waals surface area contributed by atoms with Gasteiger partial charge >= 0.3 is 0 Å². The number of carbonyl (C=O) groups excluding carboxylic acids is 1. The molecule has 0 heterocycles. The molecule has 1 amide bonds. The number of carbonyl (C=O) groups is 1. The van der Waals surface area contributed by atoms with E-state index in [2.05, 4.69) is 5.32 Å². The number of halogens is 1. The molecule has 0 fully saturated rings. The zero-order valence-electron chi connectivity index (χ0n) is 14.8. The Bertz CT molecular complexity index is 1130. The molecule has 0 saturated heterocycles. The van der Waals surface area contributed by atoms with Crippen LogP contribution in [0.1, 0.15) is 10.4 Å². The Hall–Kier alpha value is -3.39. The van der Waals surface area contributed by atoms with Crippen molar-refractivity contribution in [3.63, 3.8) is 0 Å². The minimum absolute atomic E-state index is 0.00409. The van der Waals surface area contributed by atoms with E-state index in [0.717, 1.165) is 24.3 Å². The largest absolute Gasteiger partial charge is 0.495 e. The van der Waals surface area contributed by atoms with Crippen molar-refractivity contribution in [2.45, 2.75) is 9.79 Å². The number of nitrogen functional groups attached to an aromatic ring is 1. The summed E-state index contributed by atoms with van der Waals surface area (Å²) >= 11 is 0. The van der Waals surface area contributed by atoms with Gasteiger partial charge < -0.3 is 15.8 Å². The second kappa shape index (κ2) is 7.69. The molecule has 0 aliphatic heterocycles. The number of benzene rings is 3. The van der Waals surface area contributed by atoms with Crippen LogP contribution < -0.4 is 15.8 Å². The lowest BCUT2D eigenvalue weighted by Crippen LogP contribution is -2.19. The van der Waals surface area contributed by atoms with Crippen LogP contribution in [0.15, 0.2) is 76.5 Å². The topological polar surface area (TPSA) is 98.5 Å². The van der Waals surface area contributed by atoms with E-state index in [0.29, 0.717) is 11.4 Å². The Labute approximate surface area is 161 Å². The number of hydrogen-bond acceptors (Lipinski definition) is 5. The van der Waals surface area contributed by atoms with Crippen molar-refractivity contribution in [2.24, 2.45) is 0 Å². The number of rotatable bonds is 5. The Morgan fingerprint density at radius 2 is 1.68 bits per heavy atom. The van der Waals surface area contributed by atoms with Gasteiger partial charge in [-0.25, -0.2) is 12.8 Å². The number of hydrogen-bond donors (Lipinski definition) is 2.